The third-order valence-corrected chi connectivity index (χ3v) is 3.72. The Morgan fingerprint density at radius 1 is 1.30 bits per heavy atom. The van der Waals surface area contributed by atoms with E-state index < -0.39 is 5.60 Å². The second kappa shape index (κ2) is 5.95. The second-order valence-corrected chi connectivity index (χ2v) is 6.47. The first-order chi connectivity index (χ1) is 9.39. The third kappa shape index (κ3) is 3.82. The summed E-state index contributed by atoms with van der Waals surface area (Å²) < 4.78 is 5.38. The predicted molar refractivity (Wildman–Crippen MR) is 76.5 cm³/mol. The van der Waals surface area contributed by atoms with Crippen molar-refractivity contribution in [2.24, 2.45) is 0 Å². The van der Waals surface area contributed by atoms with Crippen LogP contribution in [0.2, 0.25) is 0 Å². The third-order valence-electron chi connectivity index (χ3n) is 3.72. The molecule has 0 aromatic rings. The molecule has 0 N–H and O–H groups in total. The maximum absolute atomic E-state index is 12.0. The zero-order valence-corrected chi connectivity index (χ0v) is 12.6. The molecule has 1 saturated heterocycles. The van der Waals surface area contributed by atoms with Gasteiger partial charge in [0.1, 0.15) is 11.9 Å². The largest absolute Gasteiger partial charge is 0.444 e. The number of nitrogens with zero attached hydrogens (tertiary/aromatic N) is 2. The van der Waals surface area contributed by atoms with E-state index >= 15 is 0 Å². The molecule has 5 nitrogen and oxygen atoms in total. The van der Waals surface area contributed by atoms with Gasteiger partial charge in [-0.05, 0) is 39.2 Å². The van der Waals surface area contributed by atoms with E-state index in [0.717, 1.165) is 37.8 Å². The lowest BCUT2D eigenvalue weighted by Gasteiger charge is -2.37. The van der Waals surface area contributed by atoms with Gasteiger partial charge in [0.15, 0.2) is 0 Å². The summed E-state index contributed by atoms with van der Waals surface area (Å²) in [6, 6.07) is 0.357. The van der Waals surface area contributed by atoms with Crippen molar-refractivity contribution < 1.29 is 14.3 Å². The van der Waals surface area contributed by atoms with Crippen LogP contribution in [0.25, 0.3) is 0 Å². The molecule has 0 unspecified atom stereocenters. The Hall–Kier alpha value is -1.36. The number of hydrogen-bond acceptors (Lipinski definition) is 4. The minimum Gasteiger partial charge on any atom is -0.444 e. The highest BCUT2D eigenvalue weighted by molar-refractivity contribution is 5.74. The van der Waals surface area contributed by atoms with Crippen LogP contribution in [0.1, 0.15) is 33.6 Å². The molecule has 1 aliphatic carbocycles. The highest BCUT2D eigenvalue weighted by Gasteiger charge is 2.29. The molecular formula is C15H24N2O3. The molecule has 0 aromatic carbocycles. The zero-order valence-electron chi connectivity index (χ0n) is 12.6. The summed E-state index contributed by atoms with van der Waals surface area (Å²) in [5.41, 5.74) is 0.464. The molecule has 2 aliphatic rings. The Morgan fingerprint density at radius 2 is 1.95 bits per heavy atom. The van der Waals surface area contributed by atoms with E-state index in [1.54, 1.807) is 4.90 Å². The first-order valence-corrected chi connectivity index (χ1v) is 7.27. The first kappa shape index (κ1) is 15.0. The highest BCUT2D eigenvalue weighted by atomic mass is 16.6. The molecule has 1 atom stereocenters. The summed E-state index contributed by atoms with van der Waals surface area (Å²) in [5, 5.41) is 0. The molecule has 0 spiro atoms. The molecule has 20 heavy (non-hydrogen) atoms. The van der Waals surface area contributed by atoms with Crippen molar-refractivity contribution in [2.45, 2.75) is 45.3 Å². The van der Waals surface area contributed by atoms with E-state index in [-0.39, 0.29) is 6.09 Å². The summed E-state index contributed by atoms with van der Waals surface area (Å²) in [6.07, 6.45) is 4.68. The average molecular weight is 280 g/mol. The Bertz CT molecular complexity index is 404. The average Bonchev–Trinajstić information content (AvgIpc) is 2.85. The van der Waals surface area contributed by atoms with E-state index in [9.17, 15) is 9.59 Å². The molecule has 1 heterocycles. The van der Waals surface area contributed by atoms with Gasteiger partial charge in [-0.15, -0.1) is 0 Å². The van der Waals surface area contributed by atoms with Gasteiger partial charge in [0.05, 0.1) is 0 Å². The fourth-order valence-corrected chi connectivity index (χ4v) is 2.68. The Balaban J connectivity index is 1.82. The summed E-state index contributed by atoms with van der Waals surface area (Å²) in [7, 11) is 0. The molecule has 1 fully saturated rings. The Morgan fingerprint density at radius 3 is 2.45 bits per heavy atom. The minimum absolute atomic E-state index is 0.229. The van der Waals surface area contributed by atoms with Crippen molar-refractivity contribution in [1.82, 2.24) is 9.80 Å². The van der Waals surface area contributed by atoms with Gasteiger partial charge in [-0.25, -0.2) is 4.79 Å². The van der Waals surface area contributed by atoms with Crippen molar-refractivity contribution in [3.05, 3.63) is 11.6 Å². The first-order valence-electron chi connectivity index (χ1n) is 7.27. The predicted octanol–water partition coefficient (Wildman–Crippen LogP) is 1.83. The molecule has 112 valence electrons. The summed E-state index contributed by atoms with van der Waals surface area (Å²) in [6.45, 7) is 8.70. The maximum atomic E-state index is 12.0. The number of piperazine rings is 1. The van der Waals surface area contributed by atoms with Gasteiger partial charge in [-0.1, -0.05) is 6.08 Å². The van der Waals surface area contributed by atoms with E-state index in [1.807, 2.05) is 20.8 Å². The van der Waals surface area contributed by atoms with Crippen LogP contribution in [0.5, 0.6) is 0 Å². The van der Waals surface area contributed by atoms with E-state index in [2.05, 4.69) is 11.0 Å². The normalized spacial score (nSPS) is 24.4. The van der Waals surface area contributed by atoms with E-state index in [0.29, 0.717) is 19.1 Å². The van der Waals surface area contributed by atoms with Crippen molar-refractivity contribution in [3.63, 3.8) is 0 Å². The number of ether oxygens (including phenoxy) is 1. The lowest BCUT2D eigenvalue weighted by Crippen LogP contribution is -2.52. The van der Waals surface area contributed by atoms with Gasteiger partial charge in [0.25, 0.3) is 0 Å². The van der Waals surface area contributed by atoms with E-state index in [1.165, 1.54) is 0 Å². The van der Waals surface area contributed by atoms with Gasteiger partial charge >= 0.3 is 6.09 Å². The van der Waals surface area contributed by atoms with Crippen molar-refractivity contribution in [3.8, 4) is 0 Å². The summed E-state index contributed by atoms with van der Waals surface area (Å²) in [5.74, 6) is 0. The number of carbonyl (C=O) groups is 2. The maximum Gasteiger partial charge on any atom is 0.410 e. The Labute approximate surface area is 120 Å². The molecule has 5 heteroatoms. The second-order valence-electron chi connectivity index (χ2n) is 6.47. The molecule has 0 aromatic heterocycles. The number of rotatable bonds is 2. The van der Waals surface area contributed by atoms with Crippen LogP contribution in [0.3, 0.4) is 0 Å². The molecule has 0 bridgehead atoms. The van der Waals surface area contributed by atoms with Crippen LogP contribution in [-0.4, -0.2) is 60.0 Å². The minimum atomic E-state index is -0.443. The number of hydrogen-bond donors (Lipinski definition) is 0. The van der Waals surface area contributed by atoms with Crippen LogP contribution in [0.15, 0.2) is 11.6 Å². The topological polar surface area (TPSA) is 49.9 Å². The smallest absolute Gasteiger partial charge is 0.410 e. The highest BCUT2D eigenvalue weighted by Crippen LogP contribution is 2.23. The number of aldehydes is 1. The van der Waals surface area contributed by atoms with Crippen LogP contribution in [0.4, 0.5) is 4.79 Å². The van der Waals surface area contributed by atoms with E-state index in [4.69, 9.17) is 4.74 Å². The van der Waals surface area contributed by atoms with Gasteiger partial charge in [-0.2, -0.15) is 0 Å². The lowest BCUT2D eigenvalue weighted by atomic mass is 10.2. The van der Waals surface area contributed by atoms with Gasteiger partial charge in [0.2, 0.25) is 0 Å². The van der Waals surface area contributed by atoms with Crippen LogP contribution < -0.4 is 0 Å². The number of allylic oxidation sites excluding steroid dienone is 1. The quantitative estimate of drug-likeness (QED) is 0.724. The number of amides is 1. The molecular weight excluding hydrogens is 256 g/mol. The fourth-order valence-electron chi connectivity index (χ4n) is 2.68. The van der Waals surface area contributed by atoms with Crippen molar-refractivity contribution >= 4 is 12.4 Å². The monoisotopic (exact) mass is 280 g/mol. The molecule has 0 radical (unpaired) electrons. The van der Waals surface area contributed by atoms with Crippen LogP contribution in [0, 0.1) is 0 Å². The van der Waals surface area contributed by atoms with Gasteiger partial charge < -0.3 is 9.64 Å². The number of carbonyl (C=O) groups excluding carboxylic acids is 2. The lowest BCUT2D eigenvalue weighted by molar-refractivity contribution is -0.105. The SMILES string of the molecule is CC(C)(C)OC(=O)N1CCN([C@H]2C=C(C=O)CC2)CC1. The van der Waals surface area contributed by atoms with Crippen LogP contribution in [-0.2, 0) is 9.53 Å². The van der Waals surface area contributed by atoms with Crippen LogP contribution >= 0.6 is 0 Å². The van der Waals surface area contributed by atoms with Crippen molar-refractivity contribution in [2.75, 3.05) is 26.2 Å². The molecule has 0 saturated carbocycles. The molecule has 1 amide bonds. The summed E-state index contributed by atoms with van der Waals surface area (Å²) in [4.78, 5) is 26.8. The molecule has 2 rings (SSSR count). The van der Waals surface area contributed by atoms with Gasteiger partial charge in [0, 0.05) is 32.2 Å². The molecule has 1 aliphatic heterocycles. The summed E-state index contributed by atoms with van der Waals surface area (Å²) >= 11 is 0. The fraction of sp³-hybridized carbons (Fsp3) is 0.733. The Kier molecular flexibility index (Phi) is 4.48. The van der Waals surface area contributed by atoms with Gasteiger partial charge in [-0.3, -0.25) is 9.69 Å². The van der Waals surface area contributed by atoms with Crippen molar-refractivity contribution in [1.29, 1.82) is 0 Å². The zero-order chi connectivity index (χ0) is 14.8. The standard InChI is InChI=1S/C15H24N2O3/c1-15(2,3)20-14(19)17-8-6-16(7-9-17)13-5-4-12(10-13)11-18/h10-11,13H,4-9H2,1-3H3/t13-/m1/s1.